The van der Waals surface area contributed by atoms with Crippen LogP contribution in [0.5, 0.6) is 0 Å². The molecule has 0 fully saturated rings. The molecule has 16 heavy (non-hydrogen) atoms. The molecule has 7 heteroatoms. The lowest BCUT2D eigenvalue weighted by Crippen LogP contribution is -2.19. The molecule has 1 rings (SSSR count). The summed E-state index contributed by atoms with van der Waals surface area (Å²) in [4.78, 5) is 4.13. The standard InChI is InChI=1S/C9H14Cl2N4O/c1-5(16-2)4-13-8-6(10)3-7(11)9(14-8)15-12/h3,5H,4,12H2,1-2H3,(H2,13,14,15). The predicted molar refractivity (Wildman–Crippen MR) is 67.0 cm³/mol. The Balaban J connectivity index is 2.79. The zero-order valence-corrected chi connectivity index (χ0v) is 10.6. The third-order valence-corrected chi connectivity index (χ3v) is 2.60. The Kier molecular flexibility index (Phi) is 5.08. The number of rotatable bonds is 5. The van der Waals surface area contributed by atoms with Gasteiger partial charge in [0.05, 0.1) is 16.1 Å². The molecule has 0 saturated heterocycles. The van der Waals surface area contributed by atoms with Crippen LogP contribution < -0.4 is 16.6 Å². The summed E-state index contributed by atoms with van der Waals surface area (Å²) in [5.41, 5.74) is 2.39. The number of pyridine rings is 1. The summed E-state index contributed by atoms with van der Waals surface area (Å²) in [7, 11) is 1.64. The number of anilines is 2. The second kappa shape index (κ2) is 6.10. The maximum atomic E-state index is 5.97. The van der Waals surface area contributed by atoms with E-state index in [-0.39, 0.29) is 6.10 Å². The van der Waals surface area contributed by atoms with Crippen molar-refractivity contribution in [3.63, 3.8) is 0 Å². The SMILES string of the molecule is COC(C)CNc1nc(NN)c(Cl)cc1Cl. The number of nitrogen functional groups attached to an aromatic ring is 1. The first-order chi connectivity index (χ1) is 7.58. The Morgan fingerprint density at radius 2 is 2.06 bits per heavy atom. The van der Waals surface area contributed by atoms with Crippen molar-refractivity contribution >= 4 is 34.8 Å². The van der Waals surface area contributed by atoms with Gasteiger partial charge in [-0.1, -0.05) is 23.2 Å². The van der Waals surface area contributed by atoms with E-state index in [0.717, 1.165) is 0 Å². The van der Waals surface area contributed by atoms with Gasteiger partial charge in [-0.3, -0.25) is 0 Å². The van der Waals surface area contributed by atoms with Crippen molar-refractivity contribution in [3.8, 4) is 0 Å². The lowest BCUT2D eigenvalue weighted by molar-refractivity contribution is 0.128. The van der Waals surface area contributed by atoms with Gasteiger partial charge in [0.2, 0.25) is 0 Å². The van der Waals surface area contributed by atoms with Crippen LogP contribution in [0.4, 0.5) is 11.6 Å². The molecule has 5 nitrogen and oxygen atoms in total. The molecule has 0 aliphatic heterocycles. The molecular formula is C9H14Cl2N4O. The third kappa shape index (κ3) is 3.38. The van der Waals surface area contributed by atoms with E-state index in [1.165, 1.54) is 0 Å². The summed E-state index contributed by atoms with van der Waals surface area (Å²) in [6.07, 6.45) is 0.0582. The van der Waals surface area contributed by atoms with Crippen molar-refractivity contribution in [1.29, 1.82) is 0 Å². The average Bonchev–Trinajstić information content (AvgIpc) is 2.27. The number of nitrogens with two attached hydrogens (primary N) is 1. The molecule has 1 aromatic rings. The highest BCUT2D eigenvalue weighted by Crippen LogP contribution is 2.28. The van der Waals surface area contributed by atoms with Crippen molar-refractivity contribution in [2.24, 2.45) is 5.84 Å². The fourth-order valence-electron chi connectivity index (χ4n) is 1.02. The molecule has 0 spiro atoms. The van der Waals surface area contributed by atoms with Gasteiger partial charge in [0, 0.05) is 13.7 Å². The number of halogens is 2. The largest absolute Gasteiger partial charge is 0.380 e. The number of hydrogen-bond acceptors (Lipinski definition) is 5. The maximum Gasteiger partial charge on any atom is 0.161 e. The van der Waals surface area contributed by atoms with Gasteiger partial charge in [-0.15, -0.1) is 0 Å². The Hall–Kier alpha value is -0.750. The highest BCUT2D eigenvalue weighted by Gasteiger charge is 2.09. The summed E-state index contributed by atoms with van der Waals surface area (Å²) in [5, 5.41) is 3.85. The fourth-order valence-corrected chi connectivity index (χ4v) is 1.50. The van der Waals surface area contributed by atoms with Crippen molar-refractivity contribution in [3.05, 3.63) is 16.1 Å². The van der Waals surface area contributed by atoms with Gasteiger partial charge in [0.15, 0.2) is 5.82 Å². The van der Waals surface area contributed by atoms with Crippen molar-refractivity contribution in [2.45, 2.75) is 13.0 Å². The Labute approximate surface area is 104 Å². The van der Waals surface area contributed by atoms with Crippen LogP contribution in [0.2, 0.25) is 10.0 Å². The molecule has 0 amide bonds. The van der Waals surface area contributed by atoms with E-state index < -0.39 is 0 Å². The summed E-state index contributed by atoms with van der Waals surface area (Å²) in [6.45, 7) is 2.52. The van der Waals surface area contributed by atoms with E-state index in [2.05, 4.69) is 15.7 Å². The number of hydrogen-bond donors (Lipinski definition) is 3. The molecule has 90 valence electrons. The first-order valence-electron chi connectivity index (χ1n) is 4.67. The lowest BCUT2D eigenvalue weighted by Gasteiger charge is -2.13. The number of hydrazine groups is 1. The molecule has 1 atom stereocenters. The molecule has 0 aromatic carbocycles. The van der Waals surface area contributed by atoms with Crippen molar-refractivity contribution in [1.82, 2.24) is 4.98 Å². The molecule has 0 radical (unpaired) electrons. The maximum absolute atomic E-state index is 5.97. The molecule has 0 saturated carbocycles. The Morgan fingerprint density at radius 1 is 1.44 bits per heavy atom. The lowest BCUT2D eigenvalue weighted by atomic mass is 10.4. The van der Waals surface area contributed by atoms with Crippen LogP contribution in [0, 0.1) is 0 Å². The van der Waals surface area contributed by atoms with Gasteiger partial charge >= 0.3 is 0 Å². The van der Waals surface area contributed by atoms with Gasteiger partial charge in [-0.05, 0) is 13.0 Å². The highest BCUT2D eigenvalue weighted by atomic mass is 35.5. The summed E-state index contributed by atoms with van der Waals surface area (Å²) >= 11 is 11.8. The molecule has 0 aliphatic rings. The quantitative estimate of drug-likeness (QED) is 0.562. The first-order valence-corrected chi connectivity index (χ1v) is 5.43. The van der Waals surface area contributed by atoms with Crippen LogP contribution in [-0.2, 0) is 4.74 Å². The Morgan fingerprint density at radius 3 is 2.62 bits per heavy atom. The highest BCUT2D eigenvalue weighted by molar-refractivity contribution is 6.37. The van der Waals surface area contributed by atoms with E-state index in [4.69, 9.17) is 33.8 Å². The van der Waals surface area contributed by atoms with Gasteiger partial charge in [-0.2, -0.15) is 0 Å². The monoisotopic (exact) mass is 264 g/mol. The van der Waals surface area contributed by atoms with E-state index >= 15 is 0 Å². The van der Waals surface area contributed by atoms with Gasteiger partial charge in [0.1, 0.15) is 5.82 Å². The molecule has 1 unspecified atom stereocenters. The zero-order chi connectivity index (χ0) is 12.1. The minimum absolute atomic E-state index is 0.0582. The number of methoxy groups -OCH3 is 1. The van der Waals surface area contributed by atoms with Crippen LogP contribution in [0.15, 0.2) is 6.07 Å². The van der Waals surface area contributed by atoms with Crippen LogP contribution in [0.1, 0.15) is 6.92 Å². The van der Waals surface area contributed by atoms with Gasteiger partial charge < -0.3 is 15.5 Å². The van der Waals surface area contributed by atoms with Gasteiger partial charge in [-0.25, -0.2) is 10.8 Å². The number of nitrogens with zero attached hydrogens (tertiary/aromatic N) is 1. The minimum atomic E-state index is 0.0582. The van der Waals surface area contributed by atoms with Crippen molar-refractivity contribution < 1.29 is 4.74 Å². The second-order valence-corrected chi connectivity index (χ2v) is 4.04. The van der Waals surface area contributed by atoms with Crippen LogP contribution >= 0.6 is 23.2 Å². The number of aromatic nitrogens is 1. The third-order valence-electron chi connectivity index (χ3n) is 2.03. The summed E-state index contributed by atoms with van der Waals surface area (Å²) in [6, 6.07) is 1.57. The smallest absolute Gasteiger partial charge is 0.161 e. The van der Waals surface area contributed by atoms with E-state index in [1.54, 1.807) is 13.2 Å². The predicted octanol–water partition coefficient (Wildman–Crippen LogP) is 2.12. The van der Waals surface area contributed by atoms with Crippen LogP contribution in [0.25, 0.3) is 0 Å². The first kappa shape index (κ1) is 13.3. The van der Waals surface area contributed by atoms with E-state index in [0.29, 0.717) is 28.2 Å². The van der Waals surface area contributed by atoms with E-state index in [9.17, 15) is 0 Å². The molecular weight excluding hydrogens is 251 g/mol. The van der Waals surface area contributed by atoms with Crippen molar-refractivity contribution in [2.75, 3.05) is 24.4 Å². The molecule has 0 bridgehead atoms. The molecule has 1 aromatic heterocycles. The summed E-state index contributed by atoms with van der Waals surface area (Å²) in [5.74, 6) is 6.15. The van der Waals surface area contributed by atoms with Gasteiger partial charge in [0.25, 0.3) is 0 Å². The number of ether oxygens (including phenoxy) is 1. The van der Waals surface area contributed by atoms with Crippen LogP contribution in [-0.4, -0.2) is 24.7 Å². The summed E-state index contributed by atoms with van der Waals surface area (Å²) < 4.78 is 5.09. The number of nitrogens with one attached hydrogen (secondary N) is 2. The molecule has 1 heterocycles. The average molecular weight is 265 g/mol. The zero-order valence-electron chi connectivity index (χ0n) is 9.05. The Bertz CT molecular complexity index is 362. The molecule has 4 N–H and O–H groups in total. The topological polar surface area (TPSA) is 72.2 Å². The van der Waals surface area contributed by atoms with E-state index in [1.807, 2.05) is 6.92 Å². The molecule has 0 aliphatic carbocycles. The van der Waals surface area contributed by atoms with Crippen LogP contribution in [0.3, 0.4) is 0 Å². The second-order valence-electron chi connectivity index (χ2n) is 3.22. The normalized spacial score (nSPS) is 12.3. The fraction of sp³-hybridized carbons (Fsp3) is 0.444. The minimum Gasteiger partial charge on any atom is -0.380 e.